The standard InChI is InChI=1S/C8H7N3O3S2/c1-4-9-10-8(16-4)15-3-5-2-6(7(12)13)11-14-5/h2H,3H2,1H3,(H,12,13). The number of aromatic carboxylic acids is 1. The molecule has 2 aromatic rings. The molecule has 2 heterocycles. The number of carboxylic acid groups (broad SMARTS) is 1. The first kappa shape index (κ1) is 11.1. The molecule has 0 atom stereocenters. The first-order valence-corrected chi connectivity index (χ1v) is 6.07. The lowest BCUT2D eigenvalue weighted by atomic mass is 10.4. The number of carbonyl (C=O) groups is 1. The lowest BCUT2D eigenvalue weighted by molar-refractivity contribution is 0.0685. The normalized spacial score (nSPS) is 10.6. The Labute approximate surface area is 98.7 Å². The van der Waals surface area contributed by atoms with Crippen LogP contribution in [0.1, 0.15) is 21.3 Å². The number of carboxylic acids is 1. The van der Waals surface area contributed by atoms with Crippen molar-refractivity contribution < 1.29 is 14.4 Å². The summed E-state index contributed by atoms with van der Waals surface area (Å²) in [6.45, 7) is 1.87. The summed E-state index contributed by atoms with van der Waals surface area (Å²) in [5.41, 5.74) is -0.0796. The largest absolute Gasteiger partial charge is 0.476 e. The molecule has 6 nitrogen and oxygen atoms in total. The predicted octanol–water partition coefficient (Wildman–Crippen LogP) is 1.83. The average molecular weight is 257 g/mol. The van der Waals surface area contributed by atoms with Crippen LogP contribution in [0.4, 0.5) is 0 Å². The van der Waals surface area contributed by atoms with Gasteiger partial charge in [-0.25, -0.2) is 4.79 Å². The number of hydrogen-bond acceptors (Lipinski definition) is 7. The fourth-order valence-electron chi connectivity index (χ4n) is 0.951. The number of aryl methyl sites for hydroxylation is 1. The van der Waals surface area contributed by atoms with Gasteiger partial charge >= 0.3 is 5.97 Å². The van der Waals surface area contributed by atoms with Gasteiger partial charge in [-0.3, -0.25) is 0 Å². The van der Waals surface area contributed by atoms with Crippen LogP contribution in [-0.4, -0.2) is 26.4 Å². The van der Waals surface area contributed by atoms with Gasteiger partial charge in [0, 0.05) is 6.07 Å². The number of nitrogens with zero attached hydrogens (tertiary/aromatic N) is 3. The zero-order chi connectivity index (χ0) is 11.5. The number of aromatic nitrogens is 3. The molecule has 0 aromatic carbocycles. The zero-order valence-corrected chi connectivity index (χ0v) is 9.84. The fraction of sp³-hybridized carbons (Fsp3) is 0.250. The Kier molecular flexibility index (Phi) is 3.20. The van der Waals surface area contributed by atoms with E-state index in [2.05, 4.69) is 15.4 Å². The van der Waals surface area contributed by atoms with Gasteiger partial charge in [0.1, 0.15) is 10.8 Å². The molecule has 84 valence electrons. The van der Waals surface area contributed by atoms with Gasteiger partial charge in [-0.15, -0.1) is 10.2 Å². The molecule has 1 N–H and O–H groups in total. The Hall–Kier alpha value is -1.41. The molecule has 0 aliphatic carbocycles. The SMILES string of the molecule is Cc1nnc(SCc2cc(C(=O)O)no2)s1. The quantitative estimate of drug-likeness (QED) is 0.835. The summed E-state index contributed by atoms with van der Waals surface area (Å²) in [5, 5.41) is 20.7. The van der Waals surface area contributed by atoms with Crippen LogP contribution >= 0.6 is 23.1 Å². The number of hydrogen-bond donors (Lipinski definition) is 1. The number of rotatable bonds is 4. The van der Waals surface area contributed by atoms with Gasteiger partial charge in [0.25, 0.3) is 0 Å². The van der Waals surface area contributed by atoms with E-state index in [0.717, 1.165) is 9.35 Å². The Morgan fingerprint density at radius 1 is 1.62 bits per heavy atom. The zero-order valence-electron chi connectivity index (χ0n) is 8.21. The third kappa shape index (κ3) is 2.58. The van der Waals surface area contributed by atoms with E-state index in [9.17, 15) is 4.79 Å². The summed E-state index contributed by atoms with van der Waals surface area (Å²) in [5.74, 6) is -0.0865. The van der Waals surface area contributed by atoms with E-state index in [-0.39, 0.29) is 5.69 Å². The Bertz CT molecular complexity index is 508. The van der Waals surface area contributed by atoms with Crippen LogP contribution in [0.15, 0.2) is 14.9 Å². The van der Waals surface area contributed by atoms with Crippen LogP contribution in [0.2, 0.25) is 0 Å². The smallest absolute Gasteiger partial charge is 0.358 e. The molecule has 2 aromatic heterocycles. The third-order valence-corrected chi connectivity index (χ3v) is 3.62. The highest BCUT2D eigenvalue weighted by atomic mass is 32.2. The highest BCUT2D eigenvalue weighted by Gasteiger charge is 2.11. The first-order valence-electron chi connectivity index (χ1n) is 4.27. The molecule has 0 bridgehead atoms. The van der Waals surface area contributed by atoms with Gasteiger partial charge in [0.2, 0.25) is 0 Å². The van der Waals surface area contributed by atoms with Gasteiger partial charge in [0.15, 0.2) is 10.0 Å². The van der Waals surface area contributed by atoms with E-state index in [1.54, 1.807) is 0 Å². The van der Waals surface area contributed by atoms with Crippen molar-refractivity contribution in [1.82, 2.24) is 15.4 Å². The molecule has 16 heavy (non-hydrogen) atoms. The summed E-state index contributed by atoms with van der Waals surface area (Å²) in [6, 6.07) is 1.41. The molecule has 0 saturated carbocycles. The molecule has 0 saturated heterocycles. The Balaban J connectivity index is 1.97. The lowest BCUT2D eigenvalue weighted by Gasteiger charge is -1.89. The van der Waals surface area contributed by atoms with Crippen LogP contribution in [0.5, 0.6) is 0 Å². The van der Waals surface area contributed by atoms with E-state index in [0.29, 0.717) is 11.5 Å². The maximum Gasteiger partial charge on any atom is 0.358 e. The molecule has 0 fully saturated rings. The van der Waals surface area contributed by atoms with Gasteiger partial charge in [-0.05, 0) is 6.92 Å². The van der Waals surface area contributed by atoms with Crippen molar-refractivity contribution in [2.45, 2.75) is 17.0 Å². The minimum atomic E-state index is -1.09. The van der Waals surface area contributed by atoms with Gasteiger partial charge in [0.05, 0.1) is 5.75 Å². The summed E-state index contributed by atoms with van der Waals surface area (Å²) in [7, 11) is 0. The van der Waals surface area contributed by atoms with E-state index in [1.807, 2.05) is 6.92 Å². The van der Waals surface area contributed by atoms with Crippen LogP contribution in [0, 0.1) is 6.92 Å². The van der Waals surface area contributed by atoms with E-state index < -0.39 is 5.97 Å². The van der Waals surface area contributed by atoms with Gasteiger partial charge < -0.3 is 9.63 Å². The highest BCUT2D eigenvalue weighted by Crippen LogP contribution is 2.25. The maximum absolute atomic E-state index is 10.5. The van der Waals surface area contributed by atoms with Crippen LogP contribution in [0.3, 0.4) is 0 Å². The maximum atomic E-state index is 10.5. The monoisotopic (exact) mass is 257 g/mol. The topological polar surface area (TPSA) is 89.1 Å². The minimum absolute atomic E-state index is 0.0796. The van der Waals surface area contributed by atoms with Crippen molar-refractivity contribution in [2.75, 3.05) is 0 Å². The Morgan fingerprint density at radius 2 is 2.44 bits per heavy atom. The molecule has 0 spiro atoms. The summed E-state index contributed by atoms with van der Waals surface area (Å²) in [6.07, 6.45) is 0. The van der Waals surface area contributed by atoms with Crippen LogP contribution < -0.4 is 0 Å². The molecule has 2 rings (SSSR count). The van der Waals surface area contributed by atoms with Crippen LogP contribution in [0.25, 0.3) is 0 Å². The van der Waals surface area contributed by atoms with E-state index >= 15 is 0 Å². The number of thioether (sulfide) groups is 1. The van der Waals surface area contributed by atoms with Crippen molar-refractivity contribution in [3.8, 4) is 0 Å². The summed E-state index contributed by atoms with van der Waals surface area (Å²) >= 11 is 2.92. The minimum Gasteiger partial charge on any atom is -0.476 e. The van der Waals surface area contributed by atoms with E-state index in [4.69, 9.17) is 9.63 Å². The van der Waals surface area contributed by atoms with Crippen molar-refractivity contribution in [3.63, 3.8) is 0 Å². The van der Waals surface area contributed by atoms with Crippen molar-refractivity contribution in [1.29, 1.82) is 0 Å². The molecular formula is C8H7N3O3S2. The van der Waals surface area contributed by atoms with Crippen molar-refractivity contribution >= 4 is 29.1 Å². The average Bonchev–Trinajstić information content (AvgIpc) is 2.83. The third-order valence-electron chi connectivity index (χ3n) is 1.62. The Morgan fingerprint density at radius 3 is 3.00 bits per heavy atom. The van der Waals surface area contributed by atoms with Gasteiger partial charge in [-0.2, -0.15) is 0 Å². The lowest BCUT2D eigenvalue weighted by Crippen LogP contribution is -1.94. The molecular weight excluding hydrogens is 250 g/mol. The second-order valence-electron chi connectivity index (χ2n) is 2.86. The van der Waals surface area contributed by atoms with Crippen LogP contribution in [-0.2, 0) is 5.75 Å². The summed E-state index contributed by atoms with van der Waals surface area (Å²) in [4.78, 5) is 10.5. The second kappa shape index (κ2) is 4.62. The van der Waals surface area contributed by atoms with Crippen molar-refractivity contribution in [2.24, 2.45) is 0 Å². The van der Waals surface area contributed by atoms with E-state index in [1.165, 1.54) is 29.2 Å². The molecule has 0 aliphatic heterocycles. The molecule has 0 unspecified atom stereocenters. The molecule has 0 aliphatic rings. The fourth-order valence-corrected chi connectivity index (χ4v) is 2.64. The molecule has 8 heteroatoms. The summed E-state index contributed by atoms with van der Waals surface area (Å²) < 4.78 is 5.68. The molecule has 0 amide bonds. The van der Waals surface area contributed by atoms with Crippen molar-refractivity contribution in [3.05, 3.63) is 22.5 Å². The highest BCUT2D eigenvalue weighted by molar-refractivity contribution is 8.00. The second-order valence-corrected chi connectivity index (χ2v) is 5.26. The predicted molar refractivity (Wildman–Crippen MR) is 57.7 cm³/mol. The first-order chi connectivity index (χ1) is 7.65. The van der Waals surface area contributed by atoms with Gasteiger partial charge in [-0.1, -0.05) is 28.3 Å². The molecule has 0 radical (unpaired) electrons.